The minimum absolute atomic E-state index is 0.286. The number of benzene rings is 2. The molecule has 5 heteroatoms. The molecule has 0 fully saturated rings. The average molecular weight is 356 g/mol. The molecule has 3 aromatic rings. The molecule has 0 saturated carbocycles. The first kappa shape index (κ1) is 16.0. The zero-order chi connectivity index (χ0) is 17.7. The topological polar surface area (TPSA) is 42.7 Å². The second kappa shape index (κ2) is 5.81. The van der Waals surface area contributed by atoms with Crippen molar-refractivity contribution in [1.82, 2.24) is 0 Å². The lowest BCUT2D eigenvalue weighted by Crippen LogP contribution is -2.32. The third kappa shape index (κ3) is 2.57. The first-order chi connectivity index (χ1) is 12.0. The number of ether oxygens (including phenoxy) is 1. The van der Waals surface area contributed by atoms with Crippen molar-refractivity contribution in [2.45, 2.75) is 27.3 Å². The average Bonchev–Trinajstić information content (AvgIpc) is 2.61. The van der Waals surface area contributed by atoms with E-state index in [0.29, 0.717) is 22.9 Å². The fourth-order valence-electron chi connectivity index (χ4n) is 3.32. The second-order valence-electron chi connectivity index (χ2n) is 6.45. The van der Waals surface area contributed by atoms with Gasteiger partial charge in [-0.2, -0.15) is 0 Å². The van der Waals surface area contributed by atoms with Gasteiger partial charge in [0.05, 0.1) is 0 Å². The molecule has 4 nitrogen and oxygen atoms in total. The van der Waals surface area contributed by atoms with Gasteiger partial charge in [-0.3, -0.25) is 0 Å². The van der Waals surface area contributed by atoms with Gasteiger partial charge in [-0.1, -0.05) is 11.6 Å². The van der Waals surface area contributed by atoms with Crippen molar-refractivity contribution in [2.24, 2.45) is 0 Å². The summed E-state index contributed by atoms with van der Waals surface area (Å²) in [6.45, 7) is 6.87. The van der Waals surface area contributed by atoms with Crippen LogP contribution in [0.15, 0.2) is 39.5 Å². The number of anilines is 1. The molecule has 0 unspecified atom stereocenters. The molecular weight excluding hydrogens is 338 g/mol. The number of halogens is 1. The quantitative estimate of drug-likeness (QED) is 0.592. The highest BCUT2D eigenvalue weighted by Crippen LogP contribution is 2.37. The number of hydrogen-bond donors (Lipinski definition) is 0. The molecular formula is C20H18ClNO3. The summed E-state index contributed by atoms with van der Waals surface area (Å²) < 4.78 is 11.5. The lowest BCUT2D eigenvalue weighted by Gasteiger charge is -2.32. The van der Waals surface area contributed by atoms with Crippen molar-refractivity contribution in [3.63, 3.8) is 0 Å². The van der Waals surface area contributed by atoms with Gasteiger partial charge >= 0.3 is 5.63 Å². The molecule has 1 aliphatic rings. The largest absolute Gasteiger partial charge is 0.472 e. The zero-order valence-corrected chi connectivity index (χ0v) is 15.1. The van der Waals surface area contributed by atoms with Crippen molar-refractivity contribution >= 4 is 28.3 Å². The van der Waals surface area contributed by atoms with E-state index in [1.54, 1.807) is 6.92 Å². The van der Waals surface area contributed by atoms with E-state index in [1.807, 2.05) is 38.1 Å². The molecule has 0 amide bonds. The van der Waals surface area contributed by atoms with Crippen LogP contribution < -0.4 is 15.3 Å². The van der Waals surface area contributed by atoms with Gasteiger partial charge < -0.3 is 14.1 Å². The van der Waals surface area contributed by atoms with Crippen molar-refractivity contribution in [1.29, 1.82) is 0 Å². The number of nitrogens with zero attached hydrogens (tertiary/aromatic N) is 1. The van der Waals surface area contributed by atoms with Crippen LogP contribution in [0.2, 0.25) is 5.02 Å². The summed E-state index contributed by atoms with van der Waals surface area (Å²) in [5, 5.41) is 1.68. The van der Waals surface area contributed by atoms with Crippen molar-refractivity contribution < 1.29 is 9.15 Å². The number of hydrogen-bond acceptors (Lipinski definition) is 4. The molecule has 128 valence electrons. The Balaban J connectivity index is 1.83. The fourth-order valence-corrected chi connectivity index (χ4v) is 3.44. The summed E-state index contributed by atoms with van der Waals surface area (Å²) in [4.78, 5) is 14.2. The van der Waals surface area contributed by atoms with Gasteiger partial charge in [-0.15, -0.1) is 0 Å². The molecule has 0 aliphatic carbocycles. The molecule has 2 aromatic carbocycles. The van der Waals surface area contributed by atoms with Crippen LogP contribution in [0.25, 0.3) is 11.0 Å². The van der Waals surface area contributed by atoms with Crippen LogP contribution in [0.3, 0.4) is 0 Å². The summed E-state index contributed by atoms with van der Waals surface area (Å²) in [6, 6.07) is 9.80. The monoisotopic (exact) mass is 355 g/mol. The highest BCUT2D eigenvalue weighted by atomic mass is 35.5. The van der Waals surface area contributed by atoms with Crippen molar-refractivity contribution in [3.8, 4) is 5.75 Å². The predicted octanol–water partition coefficient (Wildman–Crippen LogP) is 4.73. The summed E-state index contributed by atoms with van der Waals surface area (Å²) in [6.07, 6.45) is 0. The lowest BCUT2D eigenvalue weighted by molar-refractivity contribution is 0.287. The third-order valence-electron chi connectivity index (χ3n) is 4.92. The van der Waals surface area contributed by atoms with Crippen LogP contribution in [-0.4, -0.2) is 6.73 Å². The predicted molar refractivity (Wildman–Crippen MR) is 99.8 cm³/mol. The molecule has 0 N–H and O–H groups in total. The summed E-state index contributed by atoms with van der Waals surface area (Å²) in [5.74, 6) is 0.809. The van der Waals surface area contributed by atoms with E-state index in [-0.39, 0.29) is 5.63 Å². The summed E-state index contributed by atoms with van der Waals surface area (Å²) in [7, 11) is 0. The van der Waals surface area contributed by atoms with Crippen LogP contribution in [0.1, 0.15) is 22.3 Å². The van der Waals surface area contributed by atoms with E-state index in [4.69, 9.17) is 20.8 Å². The smallest absolute Gasteiger partial charge is 0.339 e. The van der Waals surface area contributed by atoms with Crippen LogP contribution in [0, 0.1) is 20.8 Å². The number of fused-ring (bicyclic) bond motifs is 2. The van der Waals surface area contributed by atoms with Gasteiger partial charge in [0.25, 0.3) is 0 Å². The third-order valence-corrected chi connectivity index (χ3v) is 5.17. The lowest BCUT2D eigenvalue weighted by atomic mass is 9.99. The molecule has 0 saturated heterocycles. The Hall–Kier alpha value is -2.46. The second-order valence-corrected chi connectivity index (χ2v) is 6.89. The Kier molecular flexibility index (Phi) is 3.73. The fraction of sp³-hybridized carbons (Fsp3) is 0.250. The Morgan fingerprint density at radius 2 is 1.76 bits per heavy atom. The highest BCUT2D eigenvalue weighted by Gasteiger charge is 2.23. The van der Waals surface area contributed by atoms with Crippen LogP contribution in [-0.2, 0) is 6.54 Å². The van der Waals surface area contributed by atoms with E-state index in [0.717, 1.165) is 40.1 Å². The minimum Gasteiger partial charge on any atom is -0.472 e. The van der Waals surface area contributed by atoms with E-state index in [9.17, 15) is 4.79 Å². The zero-order valence-electron chi connectivity index (χ0n) is 14.4. The Morgan fingerprint density at radius 3 is 2.48 bits per heavy atom. The molecule has 4 rings (SSSR count). The molecule has 1 aromatic heterocycles. The minimum atomic E-state index is -0.286. The summed E-state index contributed by atoms with van der Waals surface area (Å²) in [5.41, 5.74) is 4.96. The molecule has 0 radical (unpaired) electrons. The summed E-state index contributed by atoms with van der Waals surface area (Å²) >= 11 is 5.98. The van der Waals surface area contributed by atoms with E-state index >= 15 is 0 Å². The normalized spacial score (nSPS) is 13.7. The maximum absolute atomic E-state index is 12.0. The standard InChI is InChI=1S/C20H18ClNO3/c1-11-12(2)20(23)25-19-13(3)18-14(8-17(11)19)9-22(10-24-18)16-6-4-15(21)5-7-16/h4-8H,9-10H2,1-3H3. The molecule has 25 heavy (non-hydrogen) atoms. The Labute approximate surface area is 150 Å². The molecule has 0 bridgehead atoms. The molecule has 0 atom stereocenters. The number of aryl methyl sites for hydroxylation is 2. The molecule has 1 aliphatic heterocycles. The van der Waals surface area contributed by atoms with Crippen LogP contribution >= 0.6 is 11.6 Å². The molecule has 2 heterocycles. The Bertz CT molecular complexity index is 1040. The van der Waals surface area contributed by atoms with Gasteiger partial charge in [-0.05, 0) is 56.7 Å². The number of rotatable bonds is 1. The van der Waals surface area contributed by atoms with Gasteiger partial charge in [0, 0.05) is 39.3 Å². The van der Waals surface area contributed by atoms with E-state index < -0.39 is 0 Å². The van der Waals surface area contributed by atoms with E-state index in [1.165, 1.54) is 0 Å². The van der Waals surface area contributed by atoms with Gasteiger partial charge in [0.15, 0.2) is 6.73 Å². The van der Waals surface area contributed by atoms with Crippen LogP contribution in [0.4, 0.5) is 5.69 Å². The maximum atomic E-state index is 12.0. The van der Waals surface area contributed by atoms with Gasteiger partial charge in [0.2, 0.25) is 0 Å². The highest BCUT2D eigenvalue weighted by molar-refractivity contribution is 6.30. The van der Waals surface area contributed by atoms with Crippen molar-refractivity contribution in [2.75, 3.05) is 11.6 Å². The van der Waals surface area contributed by atoms with E-state index in [2.05, 4.69) is 11.0 Å². The first-order valence-electron chi connectivity index (χ1n) is 8.15. The SMILES string of the molecule is Cc1c(C)c2cc3c(c(C)c2oc1=O)OCN(c1ccc(Cl)cc1)C3. The van der Waals surface area contributed by atoms with Gasteiger partial charge in [-0.25, -0.2) is 4.79 Å². The van der Waals surface area contributed by atoms with Gasteiger partial charge in [0.1, 0.15) is 11.3 Å². The maximum Gasteiger partial charge on any atom is 0.339 e. The first-order valence-corrected chi connectivity index (χ1v) is 8.53. The van der Waals surface area contributed by atoms with Crippen LogP contribution in [0.5, 0.6) is 5.75 Å². The Morgan fingerprint density at radius 1 is 1.04 bits per heavy atom. The van der Waals surface area contributed by atoms with Crippen molar-refractivity contribution in [3.05, 3.63) is 68.0 Å². The molecule has 0 spiro atoms.